The number of pyridine rings is 1. The molecule has 17 heavy (non-hydrogen) atoms. The summed E-state index contributed by atoms with van der Waals surface area (Å²) in [5.41, 5.74) is 0.0618. The molecule has 0 bridgehead atoms. The number of nitrogens with one attached hydrogen (secondary N) is 2. The Kier molecular flexibility index (Phi) is 3.22. The molecule has 1 saturated carbocycles. The molecule has 1 aliphatic carbocycles. The molecule has 0 atom stereocenters. The second-order valence-electron chi connectivity index (χ2n) is 3.90. The van der Waals surface area contributed by atoms with Crippen molar-refractivity contribution in [2.24, 2.45) is 0 Å². The number of carboxylic acids is 1. The fourth-order valence-electron chi connectivity index (χ4n) is 1.39. The van der Waals surface area contributed by atoms with E-state index in [2.05, 4.69) is 15.6 Å². The maximum Gasteiger partial charge on any atom is 0.339 e. The van der Waals surface area contributed by atoms with Gasteiger partial charge in [0.2, 0.25) is 5.91 Å². The van der Waals surface area contributed by atoms with Crippen molar-refractivity contribution in [3.63, 3.8) is 0 Å². The molecule has 1 fully saturated rings. The Morgan fingerprint density at radius 3 is 2.88 bits per heavy atom. The molecule has 0 radical (unpaired) electrons. The number of carbonyl (C=O) groups is 2. The van der Waals surface area contributed by atoms with Crippen molar-refractivity contribution in [1.29, 1.82) is 0 Å². The zero-order valence-electron chi connectivity index (χ0n) is 9.14. The van der Waals surface area contributed by atoms with Crippen molar-refractivity contribution < 1.29 is 14.7 Å². The van der Waals surface area contributed by atoms with Crippen LogP contribution in [0.3, 0.4) is 0 Å². The second-order valence-corrected chi connectivity index (χ2v) is 3.90. The van der Waals surface area contributed by atoms with Gasteiger partial charge in [-0.1, -0.05) is 0 Å². The van der Waals surface area contributed by atoms with E-state index in [4.69, 9.17) is 5.11 Å². The molecule has 1 heterocycles. The van der Waals surface area contributed by atoms with E-state index >= 15 is 0 Å². The molecule has 1 amide bonds. The number of hydrogen-bond donors (Lipinski definition) is 3. The predicted molar refractivity (Wildman–Crippen MR) is 60.9 cm³/mol. The Balaban J connectivity index is 1.93. The van der Waals surface area contributed by atoms with Crippen LogP contribution in [0.15, 0.2) is 18.3 Å². The first-order valence-electron chi connectivity index (χ1n) is 5.38. The SMILES string of the molecule is O=C(CNc1ncccc1C(=O)O)NC1CC1. The van der Waals surface area contributed by atoms with Gasteiger partial charge in [0.1, 0.15) is 11.4 Å². The van der Waals surface area contributed by atoms with Crippen molar-refractivity contribution >= 4 is 17.7 Å². The molecule has 2 rings (SSSR count). The van der Waals surface area contributed by atoms with Crippen LogP contribution in [-0.2, 0) is 4.79 Å². The van der Waals surface area contributed by atoms with Crippen LogP contribution in [0.2, 0.25) is 0 Å². The van der Waals surface area contributed by atoms with E-state index in [-0.39, 0.29) is 23.8 Å². The highest BCUT2D eigenvalue weighted by Crippen LogP contribution is 2.18. The number of aromatic carboxylic acids is 1. The van der Waals surface area contributed by atoms with Gasteiger partial charge in [0, 0.05) is 12.2 Å². The topological polar surface area (TPSA) is 91.3 Å². The molecule has 1 aromatic rings. The molecular weight excluding hydrogens is 222 g/mol. The van der Waals surface area contributed by atoms with Gasteiger partial charge in [-0.25, -0.2) is 9.78 Å². The van der Waals surface area contributed by atoms with Gasteiger partial charge in [0.15, 0.2) is 0 Å². The number of hydrogen-bond acceptors (Lipinski definition) is 4. The number of rotatable bonds is 5. The van der Waals surface area contributed by atoms with Crippen molar-refractivity contribution in [3.05, 3.63) is 23.9 Å². The fourth-order valence-corrected chi connectivity index (χ4v) is 1.39. The van der Waals surface area contributed by atoms with E-state index in [1.807, 2.05) is 0 Å². The highest BCUT2D eigenvalue weighted by atomic mass is 16.4. The van der Waals surface area contributed by atoms with Crippen LogP contribution in [0, 0.1) is 0 Å². The Hall–Kier alpha value is -2.11. The van der Waals surface area contributed by atoms with Gasteiger partial charge in [-0.3, -0.25) is 4.79 Å². The van der Waals surface area contributed by atoms with Crippen molar-refractivity contribution in [1.82, 2.24) is 10.3 Å². The lowest BCUT2D eigenvalue weighted by atomic mass is 10.2. The van der Waals surface area contributed by atoms with Gasteiger partial charge in [-0.15, -0.1) is 0 Å². The Morgan fingerprint density at radius 2 is 2.24 bits per heavy atom. The third kappa shape index (κ3) is 3.17. The quantitative estimate of drug-likeness (QED) is 0.690. The van der Waals surface area contributed by atoms with Gasteiger partial charge >= 0.3 is 5.97 Å². The Labute approximate surface area is 98.1 Å². The van der Waals surface area contributed by atoms with Gasteiger partial charge in [0.05, 0.1) is 6.54 Å². The van der Waals surface area contributed by atoms with Crippen LogP contribution in [0.5, 0.6) is 0 Å². The number of carbonyl (C=O) groups excluding carboxylic acids is 1. The number of nitrogens with zero attached hydrogens (tertiary/aromatic N) is 1. The summed E-state index contributed by atoms with van der Waals surface area (Å²) < 4.78 is 0. The van der Waals surface area contributed by atoms with E-state index in [9.17, 15) is 9.59 Å². The summed E-state index contributed by atoms with van der Waals surface area (Å²) in [6.45, 7) is 0.0355. The largest absolute Gasteiger partial charge is 0.478 e. The zero-order valence-corrected chi connectivity index (χ0v) is 9.14. The van der Waals surface area contributed by atoms with Crippen molar-refractivity contribution in [3.8, 4) is 0 Å². The summed E-state index contributed by atoms with van der Waals surface area (Å²) in [4.78, 5) is 26.2. The average Bonchev–Trinajstić information content (AvgIpc) is 3.10. The smallest absolute Gasteiger partial charge is 0.339 e. The highest BCUT2D eigenvalue weighted by Gasteiger charge is 2.23. The summed E-state index contributed by atoms with van der Waals surface area (Å²) in [7, 11) is 0. The standard InChI is InChI=1S/C11H13N3O3/c15-9(14-7-3-4-7)6-13-10-8(11(16)17)2-1-5-12-10/h1-2,5,7H,3-4,6H2,(H,12,13)(H,14,15)(H,16,17). The van der Waals surface area contributed by atoms with Crippen LogP contribution in [0.25, 0.3) is 0 Å². The lowest BCUT2D eigenvalue weighted by Gasteiger charge is -2.08. The van der Waals surface area contributed by atoms with Gasteiger partial charge in [-0.2, -0.15) is 0 Å². The first-order valence-corrected chi connectivity index (χ1v) is 5.38. The highest BCUT2D eigenvalue weighted by molar-refractivity contribution is 5.93. The van der Waals surface area contributed by atoms with E-state index in [1.54, 1.807) is 6.07 Å². The number of anilines is 1. The molecule has 0 saturated heterocycles. The number of amides is 1. The summed E-state index contributed by atoms with van der Waals surface area (Å²) >= 11 is 0. The molecule has 6 nitrogen and oxygen atoms in total. The average molecular weight is 235 g/mol. The lowest BCUT2D eigenvalue weighted by Crippen LogP contribution is -2.31. The van der Waals surface area contributed by atoms with Crippen molar-refractivity contribution in [2.45, 2.75) is 18.9 Å². The minimum Gasteiger partial charge on any atom is -0.478 e. The molecule has 0 spiro atoms. The van der Waals surface area contributed by atoms with Crippen LogP contribution < -0.4 is 10.6 Å². The minimum absolute atomic E-state index is 0.0355. The predicted octanol–water partition coefficient (Wildman–Crippen LogP) is 0.470. The molecule has 3 N–H and O–H groups in total. The zero-order chi connectivity index (χ0) is 12.3. The minimum atomic E-state index is -1.07. The Bertz CT molecular complexity index is 443. The monoisotopic (exact) mass is 235 g/mol. The number of carboxylic acid groups (broad SMARTS) is 1. The van der Waals surface area contributed by atoms with E-state index < -0.39 is 5.97 Å². The third-order valence-electron chi connectivity index (χ3n) is 2.40. The maximum absolute atomic E-state index is 11.4. The second kappa shape index (κ2) is 4.82. The first-order chi connectivity index (χ1) is 8.16. The van der Waals surface area contributed by atoms with Gasteiger partial charge < -0.3 is 15.7 Å². The van der Waals surface area contributed by atoms with E-state index in [0.29, 0.717) is 6.04 Å². The van der Waals surface area contributed by atoms with Crippen LogP contribution >= 0.6 is 0 Å². The summed E-state index contributed by atoms with van der Waals surface area (Å²) in [6.07, 6.45) is 3.53. The molecular formula is C11H13N3O3. The summed E-state index contributed by atoms with van der Waals surface area (Å²) in [6, 6.07) is 3.28. The normalized spacial score (nSPS) is 14.1. The molecule has 6 heteroatoms. The summed E-state index contributed by atoms with van der Waals surface area (Å²) in [5, 5.41) is 14.4. The molecule has 0 unspecified atom stereocenters. The van der Waals surface area contributed by atoms with Crippen LogP contribution in [0.4, 0.5) is 5.82 Å². The van der Waals surface area contributed by atoms with E-state index in [0.717, 1.165) is 12.8 Å². The first kappa shape index (κ1) is 11.4. The summed E-state index contributed by atoms with van der Waals surface area (Å²) in [5.74, 6) is -0.997. The number of aromatic nitrogens is 1. The Morgan fingerprint density at radius 1 is 1.47 bits per heavy atom. The van der Waals surface area contributed by atoms with Crippen LogP contribution in [0.1, 0.15) is 23.2 Å². The van der Waals surface area contributed by atoms with Gasteiger partial charge in [0.25, 0.3) is 0 Å². The molecule has 1 aliphatic rings. The third-order valence-corrected chi connectivity index (χ3v) is 2.40. The fraction of sp³-hybridized carbons (Fsp3) is 0.364. The molecule has 90 valence electrons. The molecule has 0 aliphatic heterocycles. The molecule has 0 aromatic carbocycles. The maximum atomic E-state index is 11.4. The molecule has 1 aromatic heterocycles. The lowest BCUT2D eigenvalue weighted by molar-refractivity contribution is -0.119. The van der Waals surface area contributed by atoms with Crippen molar-refractivity contribution in [2.75, 3.05) is 11.9 Å². The van der Waals surface area contributed by atoms with Crippen LogP contribution in [-0.4, -0.2) is 34.6 Å². The van der Waals surface area contributed by atoms with Gasteiger partial charge in [-0.05, 0) is 25.0 Å². The van der Waals surface area contributed by atoms with E-state index in [1.165, 1.54) is 12.3 Å².